The maximum Gasteiger partial charge on any atom is 0.306 e. The Balaban J connectivity index is 1.37. The summed E-state index contributed by atoms with van der Waals surface area (Å²) in [5.74, 6) is 0.0617. The number of carbonyl (C=O) groups is 3. The van der Waals surface area contributed by atoms with E-state index in [-0.39, 0.29) is 18.6 Å². The molecule has 0 radical (unpaired) electrons. The molecule has 0 spiro atoms. The van der Waals surface area contributed by atoms with Crippen LogP contribution in [0.25, 0.3) is 0 Å². The SMILES string of the molecule is COc1ccc(C2=NN(C(=O)COC(=O)CCC(=O)c3ccc(C)c(C)c3)C(c3ccco3)C2)cc1. The zero-order valence-electron chi connectivity index (χ0n) is 20.5. The number of hydrazone groups is 1. The minimum absolute atomic E-state index is 0.00797. The minimum atomic E-state index is -0.617. The monoisotopic (exact) mass is 488 g/mol. The quantitative estimate of drug-likeness (QED) is 0.317. The molecule has 0 N–H and O–H groups in total. The lowest BCUT2D eigenvalue weighted by atomic mass is 10.0. The van der Waals surface area contributed by atoms with E-state index in [2.05, 4.69) is 5.10 Å². The largest absolute Gasteiger partial charge is 0.497 e. The molecule has 0 saturated heterocycles. The van der Waals surface area contributed by atoms with E-state index in [9.17, 15) is 14.4 Å². The predicted molar refractivity (Wildman–Crippen MR) is 133 cm³/mol. The van der Waals surface area contributed by atoms with Crippen molar-refractivity contribution in [3.63, 3.8) is 0 Å². The lowest BCUT2D eigenvalue weighted by Crippen LogP contribution is -2.31. The Morgan fingerprint density at radius 3 is 2.47 bits per heavy atom. The number of ether oxygens (including phenoxy) is 2. The van der Waals surface area contributed by atoms with E-state index >= 15 is 0 Å². The predicted octanol–water partition coefficient (Wildman–Crippen LogP) is 4.79. The van der Waals surface area contributed by atoms with Crippen molar-refractivity contribution in [2.45, 2.75) is 39.2 Å². The minimum Gasteiger partial charge on any atom is -0.497 e. The molecule has 8 heteroatoms. The third kappa shape index (κ3) is 5.71. The molecule has 8 nitrogen and oxygen atoms in total. The molecule has 0 bridgehead atoms. The molecule has 2 aromatic carbocycles. The zero-order chi connectivity index (χ0) is 25.7. The number of hydrogen-bond donors (Lipinski definition) is 0. The molecule has 1 aromatic heterocycles. The van der Waals surface area contributed by atoms with Crippen LogP contribution in [-0.2, 0) is 14.3 Å². The van der Waals surface area contributed by atoms with E-state index in [1.165, 1.54) is 11.3 Å². The van der Waals surface area contributed by atoms with Crippen LogP contribution in [-0.4, -0.2) is 42.1 Å². The summed E-state index contributed by atoms with van der Waals surface area (Å²) in [6.45, 7) is 3.43. The van der Waals surface area contributed by atoms with Gasteiger partial charge in [0.25, 0.3) is 5.91 Å². The van der Waals surface area contributed by atoms with Crippen molar-refractivity contribution in [1.29, 1.82) is 0 Å². The molecule has 186 valence electrons. The lowest BCUT2D eigenvalue weighted by molar-refractivity contribution is -0.152. The number of aryl methyl sites for hydroxylation is 2. The molecule has 0 aliphatic carbocycles. The van der Waals surface area contributed by atoms with Crippen molar-refractivity contribution in [2.75, 3.05) is 13.7 Å². The van der Waals surface area contributed by atoms with Crippen molar-refractivity contribution in [3.8, 4) is 5.75 Å². The van der Waals surface area contributed by atoms with Crippen LogP contribution in [0.4, 0.5) is 0 Å². The molecule has 36 heavy (non-hydrogen) atoms. The van der Waals surface area contributed by atoms with Crippen LogP contribution in [0.1, 0.15) is 58.1 Å². The maximum atomic E-state index is 13.0. The van der Waals surface area contributed by atoms with E-state index in [0.29, 0.717) is 23.5 Å². The van der Waals surface area contributed by atoms with Crippen molar-refractivity contribution in [3.05, 3.63) is 88.9 Å². The number of rotatable bonds is 9. The van der Waals surface area contributed by atoms with Crippen LogP contribution >= 0.6 is 0 Å². The average Bonchev–Trinajstić information content (AvgIpc) is 3.58. The highest BCUT2D eigenvalue weighted by Crippen LogP contribution is 2.33. The van der Waals surface area contributed by atoms with E-state index in [0.717, 1.165) is 22.4 Å². The molecule has 1 aliphatic heterocycles. The van der Waals surface area contributed by atoms with Crippen molar-refractivity contribution in [2.24, 2.45) is 5.10 Å². The van der Waals surface area contributed by atoms with Gasteiger partial charge in [-0.05, 0) is 73.0 Å². The molecular weight excluding hydrogens is 460 g/mol. The number of furan rings is 1. The molecule has 1 amide bonds. The first kappa shape index (κ1) is 24.9. The second kappa shape index (κ2) is 11.0. The third-order valence-corrected chi connectivity index (χ3v) is 6.20. The lowest BCUT2D eigenvalue weighted by Gasteiger charge is -2.19. The van der Waals surface area contributed by atoms with Crippen molar-refractivity contribution >= 4 is 23.4 Å². The van der Waals surface area contributed by atoms with Gasteiger partial charge in [0.05, 0.1) is 25.5 Å². The summed E-state index contributed by atoms with van der Waals surface area (Å²) in [6, 6.07) is 15.9. The van der Waals surface area contributed by atoms with E-state index in [1.54, 1.807) is 25.3 Å². The van der Waals surface area contributed by atoms with Crippen molar-refractivity contribution in [1.82, 2.24) is 5.01 Å². The van der Waals surface area contributed by atoms with Gasteiger partial charge in [0.2, 0.25) is 0 Å². The Morgan fingerprint density at radius 2 is 1.81 bits per heavy atom. The summed E-state index contributed by atoms with van der Waals surface area (Å²) in [5, 5.41) is 5.81. The fourth-order valence-electron chi connectivity index (χ4n) is 3.96. The van der Waals surface area contributed by atoms with Gasteiger partial charge >= 0.3 is 5.97 Å². The topological polar surface area (TPSA) is 98.4 Å². The summed E-state index contributed by atoms with van der Waals surface area (Å²) in [5.41, 5.74) is 4.22. The van der Waals surface area contributed by atoms with Crippen LogP contribution in [0, 0.1) is 13.8 Å². The highest BCUT2D eigenvalue weighted by Gasteiger charge is 2.35. The highest BCUT2D eigenvalue weighted by molar-refractivity contribution is 6.03. The van der Waals surface area contributed by atoms with Gasteiger partial charge in [0.1, 0.15) is 17.6 Å². The summed E-state index contributed by atoms with van der Waals surface area (Å²) in [4.78, 5) is 37.7. The van der Waals surface area contributed by atoms with Gasteiger partial charge in [0, 0.05) is 18.4 Å². The molecule has 3 aromatic rings. The number of esters is 1. The number of Topliss-reactive ketones (excluding diaryl/α,β-unsaturated/α-hetero) is 1. The Hall–Kier alpha value is -4.20. The van der Waals surface area contributed by atoms with Gasteiger partial charge in [0.15, 0.2) is 12.4 Å². The van der Waals surface area contributed by atoms with Crippen molar-refractivity contribution < 1.29 is 28.3 Å². The zero-order valence-corrected chi connectivity index (χ0v) is 20.5. The maximum absolute atomic E-state index is 13.0. The third-order valence-electron chi connectivity index (χ3n) is 6.20. The summed E-state index contributed by atoms with van der Waals surface area (Å²) < 4.78 is 15.9. The van der Waals surface area contributed by atoms with Crippen LogP contribution < -0.4 is 4.74 Å². The summed E-state index contributed by atoms with van der Waals surface area (Å²) in [7, 11) is 1.59. The average molecular weight is 489 g/mol. The molecule has 2 heterocycles. The Morgan fingerprint density at radius 1 is 1.03 bits per heavy atom. The van der Waals surface area contributed by atoms with Gasteiger partial charge in [-0.15, -0.1) is 0 Å². The molecule has 0 fully saturated rings. The standard InChI is InChI=1S/C28H28N2O6/c1-18-6-7-21(15-19(18)2)25(31)12-13-28(33)36-17-27(32)30-24(26-5-4-14-35-26)16-23(29-30)20-8-10-22(34-3)11-9-20/h4-11,14-15,24H,12-13,16-17H2,1-3H3. The number of methoxy groups -OCH3 is 1. The second-order valence-corrected chi connectivity index (χ2v) is 8.63. The Labute approximate surface area is 209 Å². The van der Waals surface area contributed by atoms with Gasteiger partial charge < -0.3 is 13.9 Å². The summed E-state index contributed by atoms with van der Waals surface area (Å²) >= 11 is 0. The fraction of sp³-hybridized carbons (Fsp3) is 0.286. The van der Waals surface area contributed by atoms with Gasteiger partial charge in [-0.25, -0.2) is 5.01 Å². The first-order chi connectivity index (χ1) is 17.4. The normalized spacial score (nSPS) is 14.9. The fourth-order valence-corrected chi connectivity index (χ4v) is 3.96. The van der Waals surface area contributed by atoms with E-state index in [4.69, 9.17) is 13.9 Å². The number of ketones is 1. The highest BCUT2D eigenvalue weighted by atomic mass is 16.5. The second-order valence-electron chi connectivity index (χ2n) is 8.63. The molecule has 1 unspecified atom stereocenters. The molecular formula is C28H28N2O6. The Kier molecular flexibility index (Phi) is 7.63. The van der Waals surface area contributed by atoms with Gasteiger partial charge in [-0.2, -0.15) is 5.10 Å². The summed E-state index contributed by atoms with van der Waals surface area (Å²) in [6.07, 6.45) is 1.88. The smallest absolute Gasteiger partial charge is 0.306 e. The van der Waals surface area contributed by atoms with E-state index < -0.39 is 24.5 Å². The van der Waals surface area contributed by atoms with E-state index in [1.807, 2.05) is 50.2 Å². The van der Waals surface area contributed by atoms with Gasteiger partial charge in [-0.1, -0.05) is 12.1 Å². The molecule has 0 saturated carbocycles. The van der Waals surface area contributed by atoms with Gasteiger partial charge in [-0.3, -0.25) is 14.4 Å². The molecule has 1 atom stereocenters. The first-order valence-corrected chi connectivity index (χ1v) is 11.7. The number of nitrogens with zero attached hydrogens (tertiary/aromatic N) is 2. The number of hydrogen-bond acceptors (Lipinski definition) is 7. The molecule has 1 aliphatic rings. The number of benzene rings is 2. The number of carbonyl (C=O) groups excluding carboxylic acids is 3. The van der Waals surface area contributed by atoms with Crippen LogP contribution in [0.5, 0.6) is 5.75 Å². The molecule has 4 rings (SSSR count). The first-order valence-electron chi connectivity index (χ1n) is 11.7. The number of amides is 1. The van der Waals surface area contributed by atoms with Crippen LogP contribution in [0.3, 0.4) is 0 Å². The van der Waals surface area contributed by atoms with Crippen LogP contribution in [0.15, 0.2) is 70.4 Å². The van der Waals surface area contributed by atoms with Crippen LogP contribution in [0.2, 0.25) is 0 Å². The Bertz CT molecular complexity index is 1280.